The number of pyridine rings is 1. The van der Waals surface area contributed by atoms with Gasteiger partial charge < -0.3 is 10.6 Å². The molecule has 5 nitrogen and oxygen atoms in total. The van der Waals surface area contributed by atoms with Gasteiger partial charge in [-0.3, -0.25) is 14.6 Å². The fraction of sp³-hybridized carbons (Fsp3) is 0.364. The lowest BCUT2D eigenvalue weighted by Gasteiger charge is -2.06. The van der Waals surface area contributed by atoms with Crippen molar-refractivity contribution >= 4 is 23.4 Å². The van der Waals surface area contributed by atoms with Gasteiger partial charge in [0.05, 0.1) is 17.1 Å². The van der Waals surface area contributed by atoms with Crippen molar-refractivity contribution in [3.63, 3.8) is 0 Å². The molecule has 2 N–H and O–H groups in total. The molecule has 1 rings (SSSR count). The molecule has 17 heavy (non-hydrogen) atoms. The van der Waals surface area contributed by atoms with E-state index in [-0.39, 0.29) is 23.4 Å². The molecule has 0 bridgehead atoms. The van der Waals surface area contributed by atoms with Gasteiger partial charge in [-0.05, 0) is 12.5 Å². The molecule has 2 amide bonds. The zero-order chi connectivity index (χ0) is 12.7. The smallest absolute Gasteiger partial charge is 0.253 e. The summed E-state index contributed by atoms with van der Waals surface area (Å²) in [6, 6.07) is 1.50. The van der Waals surface area contributed by atoms with E-state index >= 15 is 0 Å². The maximum Gasteiger partial charge on any atom is 0.253 e. The zero-order valence-corrected chi connectivity index (χ0v) is 10.3. The Morgan fingerprint density at radius 1 is 1.41 bits per heavy atom. The van der Waals surface area contributed by atoms with Crippen LogP contribution in [0.25, 0.3) is 0 Å². The minimum atomic E-state index is -0.385. The topological polar surface area (TPSA) is 71.1 Å². The number of halogens is 1. The molecule has 1 heterocycles. The van der Waals surface area contributed by atoms with Crippen molar-refractivity contribution in [2.75, 3.05) is 13.1 Å². The van der Waals surface area contributed by atoms with Gasteiger partial charge >= 0.3 is 0 Å². The van der Waals surface area contributed by atoms with Gasteiger partial charge in [-0.25, -0.2) is 0 Å². The average molecular weight is 256 g/mol. The molecule has 0 saturated heterocycles. The van der Waals surface area contributed by atoms with Crippen LogP contribution in [0.1, 0.15) is 23.7 Å². The lowest BCUT2D eigenvalue weighted by Crippen LogP contribution is -2.37. The Kier molecular flexibility index (Phi) is 5.42. The molecule has 0 radical (unpaired) electrons. The quantitative estimate of drug-likeness (QED) is 0.824. The highest BCUT2D eigenvalue weighted by Gasteiger charge is 2.10. The number of rotatable bonds is 5. The molecule has 0 unspecified atom stereocenters. The van der Waals surface area contributed by atoms with Crippen molar-refractivity contribution in [3.8, 4) is 0 Å². The lowest BCUT2D eigenvalue weighted by molar-refractivity contribution is -0.120. The van der Waals surface area contributed by atoms with Gasteiger partial charge in [0, 0.05) is 18.9 Å². The van der Waals surface area contributed by atoms with Gasteiger partial charge in [-0.2, -0.15) is 0 Å². The van der Waals surface area contributed by atoms with E-state index in [9.17, 15) is 9.59 Å². The SMILES string of the molecule is CCCNC(=O)CNC(=O)c1ccncc1Cl. The van der Waals surface area contributed by atoms with Gasteiger partial charge in [0.2, 0.25) is 5.91 Å². The van der Waals surface area contributed by atoms with E-state index in [2.05, 4.69) is 15.6 Å². The second-order valence-electron chi connectivity index (χ2n) is 3.39. The summed E-state index contributed by atoms with van der Waals surface area (Å²) in [5.41, 5.74) is 0.310. The molecule has 1 aromatic heterocycles. The van der Waals surface area contributed by atoms with Crippen LogP contribution in [0, 0.1) is 0 Å². The molecule has 92 valence electrons. The largest absolute Gasteiger partial charge is 0.355 e. The molecular weight excluding hydrogens is 242 g/mol. The second kappa shape index (κ2) is 6.85. The summed E-state index contributed by atoms with van der Waals surface area (Å²) in [4.78, 5) is 26.7. The highest BCUT2D eigenvalue weighted by atomic mass is 35.5. The Hall–Kier alpha value is -1.62. The summed E-state index contributed by atoms with van der Waals surface area (Å²) in [6.07, 6.45) is 3.71. The van der Waals surface area contributed by atoms with Crippen LogP contribution in [-0.2, 0) is 4.79 Å². The van der Waals surface area contributed by atoms with Crippen LogP contribution in [0.3, 0.4) is 0 Å². The number of carbonyl (C=O) groups excluding carboxylic acids is 2. The minimum Gasteiger partial charge on any atom is -0.355 e. The minimum absolute atomic E-state index is 0.0581. The first kappa shape index (κ1) is 13.4. The van der Waals surface area contributed by atoms with Crippen LogP contribution in [0.15, 0.2) is 18.5 Å². The number of nitrogens with zero attached hydrogens (tertiary/aromatic N) is 1. The monoisotopic (exact) mass is 255 g/mol. The van der Waals surface area contributed by atoms with Crippen molar-refractivity contribution in [1.82, 2.24) is 15.6 Å². The maximum atomic E-state index is 11.6. The summed E-state index contributed by atoms with van der Waals surface area (Å²) >= 11 is 5.79. The summed E-state index contributed by atoms with van der Waals surface area (Å²) in [6.45, 7) is 2.50. The van der Waals surface area contributed by atoms with E-state index in [1.54, 1.807) is 0 Å². The summed E-state index contributed by atoms with van der Waals surface area (Å²) in [5, 5.41) is 5.40. The van der Waals surface area contributed by atoms with Crippen molar-refractivity contribution < 1.29 is 9.59 Å². The molecule has 0 atom stereocenters. The van der Waals surface area contributed by atoms with Crippen LogP contribution in [0.2, 0.25) is 5.02 Å². The first-order valence-corrected chi connectivity index (χ1v) is 5.67. The summed E-state index contributed by atoms with van der Waals surface area (Å²) in [7, 11) is 0. The molecule has 0 saturated carbocycles. The molecule has 0 aromatic carbocycles. The fourth-order valence-corrected chi connectivity index (χ4v) is 1.35. The molecule has 0 aliphatic rings. The first-order chi connectivity index (χ1) is 8.15. The Morgan fingerprint density at radius 3 is 2.82 bits per heavy atom. The van der Waals surface area contributed by atoms with Crippen LogP contribution in [0.5, 0.6) is 0 Å². The number of aromatic nitrogens is 1. The number of nitrogens with one attached hydrogen (secondary N) is 2. The van der Waals surface area contributed by atoms with E-state index in [4.69, 9.17) is 11.6 Å². The Labute approximate surface area is 105 Å². The number of hydrogen-bond acceptors (Lipinski definition) is 3. The molecule has 0 fully saturated rings. The average Bonchev–Trinajstić information content (AvgIpc) is 2.34. The third kappa shape index (κ3) is 4.40. The lowest BCUT2D eigenvalue weighted by atomic mass is 10.2. The molecule has 6 heteroatoms. The van der Waals surface area contributed by atoms with E-state index in [1.807, 2.05) is 6.92 Å². The third-order valence-electron chi connectivity index (χ3n) is 2.00. The zero-order valence-electron chi connectivity index (χ0n) is 9.50. The van der Waals surface area contributed by atoms with Crippen molar-refractivity contribution in [1.29, 1.82) is 0 Å². The predicted molar refractivity (Wildman–Crippen MR) is 64.9 cm³/mol. The van der Waals surface area contributed by atoms with Gasteiger partial charge in [-0.1, -0.05) is 18.5 Å². The standard InChI is InChI=1S/C11H14ClN3O2/c1-2-4-14-10(16)7-15-11(17)8-3-5-13-6-9(8)12/h3,5-6H,2,4,7H2,1H3,(H,14,16)(H,15,17). The highest BCUT2D eigenvalue weighted by molar-refractivity contribution is 6.33. The molecular formula is C11H14ClN3O2. The van der Waals surface area contributed by atoms with Gasteiger partial charge in [0.15, 0.2) is 0 Å². The van der Waals surface area contributed by atoms with Crippen molar-refractivity contribution in [2.45, 2.75) is 13.3 Å². The Bertz CT molecular complexity index is 409. The normalized spacial score (nSPS) is 9.76. The first-order valence-electron chi connectivity index (χ1n) is 5.29. The molecule has 0 aliphatic carbocycles. The van der Waals surface area contributed by atoms with Crippen LogP contribution < -0.4 is 10.6 Å². The van der Waals surface area contributed by atoms with Crippen LogP contribution in [-0.4, -0.2) is 29.9 Å². The number of carbonyl (C=O) groups is 2. The molecule has 1 aromatic rings. The van der Waals surface area contributed by atoms with E-state index in [0.29, 0.717) is 12.1 Å². The fourth-order valence-electron chi connectivity index (χ4n) is 1.14. The van der Waals surface area contributed by atoms with Crippen molar-refractivity contribution in [2.24, 2.45) is 0 Å². The molecule has 0 spiro atoms. The second-order valence-corrected chi connectivity index (χ2v) is 3.80. The van der Waals surface area contributed by atoms with E-state index in [0.717, 1.165) is 6.42 Å². The summed E-state index contributed by atoms with van der Waals surface area (Å²) in [5.74, 6) is -0.602. The third-order valence-corrected chi connectivity index (χ3v) is 2.30. The number of amides is 2. The van der Waals surface area contributed by atoms with Gasteiger partial charge in [0.25, 0.3) is 5.91 Å². The Morgan fingerprint density at radius 2 is 2.18 bits per heavy atom. The summed E-state index contributed by atoms with van der Waals surface area (Å²) < 4.78 is 0. The van der Waals surface area contributed by atoms with E-state index in [1.165, 1.54) is 18.5 Å². The highest BCUT2D eigenvalue weighted by Crippen LogP contribution is 2.12. The van der Waals surface area contributed by atoms with Crippen LogP contribution >= 0.6 is 11.6 Å². The van der Waals surface area contributed by atoms with Gasteiger partial charge in [-0.15, -0.1) is 0 Å². The molecule has 0 aliphatic heterocycles. The Balaban J connectivity index is 2.45. The number of hydrogen-bond donors (Lipinski definition) is 2. The van der Waals surface area contributed by atoms with Crippen molar-refractivity contribution in [3.05, 3.63) is 29.0 Å². The van der Waals surface area contributed by atoms with E-state index < -0.39 is 0 Å². The predicted octanol–water partition coefficient (Wildman–Crippen LogP) is 0.991. The van der Waals surface area contributed by atoms with Crippen LogP contribution in [0.4, 0.5) is 0 Å². The van der Waals surface area contributed by atoms with Gasteiger partial charge in [0.1, 0.15) is 0 Å². The maximum absolute atomic E-state index is 11.6.